The Balaban J connectivity index is 2.47. The summed E-state index contributed by atoms with van der Waals surface area (Å²) in [6.45, 7) is 4.54. The molecule has 0 bridgehead atoms. The van der Waals surface area contributed by atoms with Crippen LogP contribution in [0.2, 0.25) is 10.0 Å². The van der Waals surface area contributed by atoms with Gasteiger partial charge in [-0.2, -0.15) is 0 Å². The van der Waals surface area contributed by atoms with Gasteiger partial charge in [0.15, 0.2) is 0 Å². The number of nitrogens with zero attached hydrogens (tertiary/aromatic N) is 2. The Labute approximate surface area is 126 Å². The van der Waals surface area contributed by atoms with Crippen molar-refractivity contribution < 1.29 is 9.72 Å². The van der Waals surface area contributed by atoms with Gasteiger partial charge in [-0.25, -0.2) is 0 Å². The molecule has 1 aromatic rings. The lowest BCUT2D eigenvalue weighted by Gasteiger charge is -2.31. The number of carbonyl (C=O) groups excluding carboxylic acids is 1. The fourth-order valence-corrected chi connectivity index (χ4v) is 2.87. The third-order valence-corrected chi connectivity index (χ3v) is 4.40. The van der Waals surface area contributed by atoms with Crippen molar-refractivity contribution in [2.75, 3.05) is 6.54 Å². The third kappa shape index (κ3) is 2.60. The Morgan fingerprint density at radius 1 is 1.40 bits per heavy atom. The zero-order valence-electron chi connectivity index (χ0n) is 11.2. The zero-order chi connectivity index (χ0) is 15.1. The van der Waals surface area contributed by atoms with E-state index in [-0.39, 0.29) is 32.7 Å². The SMILES string of the molecule is CC1(C)CCCN1C(=O)c1cc([N+](=O)[O-])cc(Cl)c1Cl. The Hall–Kier alpha value is -1.33. The maximum absolute atomic E-state index is 12.6. The van der Waals surface area contributed by atoms with E-state index < -0.39 is 4.92 Å². The summed E-state index contributed by atoms with van der Waals surface area (Å²) in [7, 11) is 0. The lowest BCUT2D eigenvalue weighted by atomic mass is 10.0. The van der Waals surface area contributed by atoms with Crippen LogP contribution in [0.4, 0.5) is 5.69 Å². The van der Waals surface area contributed by atoms with Gasteiger partial charge in [-0.15, -0.1) is 0 Å². The molecule has 1 aliphatic rings. The fraction of sp³-hybridized carbons (Fsp3) is 0.462. The molecule has 1 aromatic carbocycles. The number of hydrogen-bond acceptors (Lipinski definition) is 3. The van der Waals surface area contributed by atoms with Gasteiger partial charge in [-0.3, -0.25) is 14.9 Å². The molecule has 1 amide bonds. The van der Waals surface area contributed by atoms with Crippen LogP contribution in [0.15, 0.2) is 12.1 Å². The van der Waals surface area contributed by atoms with Crippen LogP contribution in [0, 0.1) is 10.1 Å². The van der Waals surface area contributed by atoms with Gasteiger partial charge in [-0.05, 0) is 26.7 Å². The molecule has 108 valence electrons. The third-order valence-electron chi connectivity index (χ3n) is 3.60. The van der Waals surface area contributed by atoms with E-state index >= 15 is 0 Å². The minimum atomic E-state index is -0.589. The molecule has 0 N–H and O–H groups in total. The van der Waals surface area contributed by atoms with Crippen molar-refractivity contribution in [3.8, 4) is 0 Å². The Kier molecular flexibility index (Phi) is 3.93. The Morgan fingerprint density at radius 2 is 2.05 bits per heavy atom. The number of halogens is 2. The number of hydrogen-bond donors (Lipinski definition) is 0. The second-order valence-corrected chi connectivity index (χ2v) is 6.20. The van der Waals surface area contributed by atoms with E-state index in [4.69, 9.17) is 23.2 Å². The first-order valence-electron chi connectivity index (χ1n) is 6.19. The van der Waals surface area contributed by atoms with E-state index in [1.54, 1.807) is 4.90 Å². The van der Waals surface area contributed by atoms with Gasteiger partial charge in [0.25, 0.3) is 11.6 Å². The molecular formula is C13H14Cl2N2O3. The number of rotatable bonds is 2. The maximum atomic E-state index is 12.6. The van der Waals surface area contributed by atoms with Crippen LogP contribution in [0.1, 0.15) is 37.0 Å². The summed E-state index contributed by atoms with van der Waals surface area (Å²) in [6, 6.07) is 2.33. The molecule has 0 aliphatic carbocycles. The van der Waals surface area contributed by atoms with Crippen LogP contribution < -0.4 is 0 Å². The van der Waals surface area contributed by atoms with Gasteiger partial charge >= 0.3 is 0 Å². The lowest BCUT2D eigenvalue weighted by molar-refractivity contribution is -0.384. The zero-order valence-corrected chi connectivity index (χ0v) is 12.7. The highest BCUT2D eigenvalue weighted by atomic mass is 35.5. The summed E-state index contributed by atoms with van der Waals surface area (Å²) < 4.78 is 0. The topological polar surface area (TPSA) is 63.5 Å². The summed E-state index contributed by atoms with van der Waals surface area (Å²) in [6.07, 6.45) is 1.79. The molecule has 5 nitrogen and oxygen atoms in total. The first-order chi connectivity index (χ1) is 9.24. The summed E-state index contributed by atoms with van der Waals surface area (Å²) in [4.78, 5) is 24.5. The highest BCUT2D eigenvalue weighted by Crippen LogP contribution is 2.35. The number of nitro benzene ring substituents is 1. The normalized spacial score (nSPS) is 17.3. The highest BCUT2D eigenvalue weighted by Gasteiger charge is 2.37. The van der Waals surface area contributed by atoms with Crippen molar-refractivity contribution in [1.82, 2.24) is 4.90 Å². The molecule has 0 spiro atoms. The van der Waals surface area contributed by atoms with Crippen LogP contribution in [0.25, 0.3) is 0 Å². The standard InChI is InChI=1S/C13H14Cl2N2O3/c1-13(2)4-3-5-16(13)12(18)9-6-8(17(19)20)7-10(14)11(9)15/h6-7H,3-5H2,1-2H3. The number of amides is 1. The highest BCUT2D eigenvalue weighted by molar-refractivity contribution is 6.44. The van der Waals surface area contributed by atoms with Crippen LogP contribution in [-0.2, 0) is 0 Å². The van der Waals surface area contributed by atoms with Gasteiger partial charge < -0.3 is 4.90 Å². The summed E-state index contributed by atoms with van der Waals surface area (Å²) in [5.41, 5.74) is -0.432. The first kappa shape index (κ1) is 15.1. The van der Waals surface area contributed by atoms with Gasteiger partial charge in [0, 0.05) is 24.2 Å². The summed E-state index contributed by atoms with van der Waals surface area (Å²) in [5, 5.41) is 10.9. The largest absolute Gasteiger partial charge is 0.333 e. The number of nitro groups is 1. The quantitative estimate of drug-likeness (QED) is 0.613. The van der Waals surface area contributed by atoms with E-state index in [2.05, 4.69) is 0 Å². The fourth-order valence-electron chi connectivity index (χ4n) is 2.47. The Bertz CT molecular complexity index is 587. The molecule has 0 unspecified atom stereocenters. The molecule has 7 heteroatoms. The van der Waals surface area contributed by atoms with E-state index in [9.17, 15) is 14.9 Å². The molecule has 1 fully saturated rings. The first-order valence-corrected chi connectivity index (χ1v) is 6.95. The number of likely N-dealkylation sites (tertiary alicyclic amines) is 1. The Morgan fingerprint density at radius 3 is 2.55 bits per heavy atom. The average Bonchev–Trinajstić information content (AvgIpc) is 2.71. The van der Waals surface area contributed by atoms with Crippen LogP contribution in [0.3, 0.4) is 0 Å². The second kappa shape index (κ2) is 5.22. The molecule has 0 saturated carbocycles. The van der Waals surface area contributed by atoms with Crippen molar-refractivity contribution >= 4 is 34.8 Å². The summed E-state index contributed by atoms with van der Waals surface area (Å²) >= 11 is 11.9. The van der Waals surface area contributed by atoms with Crippen molar-refractivity contribution in [1.29, 1.82) is 0 Å². The number of non-ortho nitro benzene ring substituents is 1. The maximum Gasteiger partial charge on any atom is 0.271 e. The molecule has 0 atom stereocenters. The lowest BCUT2D eigenvalue weighted by Crippen LogP contribution is -2.42. The molecular weight excluding hydrogens is 303 g/mol. The molecule has 0 aromatic heterocycles. The average molecular weight is 317 g/mol. The van der Waals surface area contributed by atoms with E-state index in [0.717, 1.165) is 18.9 Å². The van der Waals surface area contributed by atoms with Crippen molar-refractivity contribution in [2.24, 2.45) is 0 Å². The van der Waals surface area contributed by atoms with Crippen LogP contribution >= 0.6 is 23.2 Å². The monoisotopic (exact) mass is 316 g/mol. The predicted molar refractivity (Wildman–Crippen MR) is 77.5 cm³/mol. The summed E-state index contributed by atoms with van der Waals surface area (Å²) in [5.74, 6) is -0.317. The molecule has 1 aliphatic heterocycles. The predicted octanol–water partition coefficient (Wildman–Crippen LogP) is 3.92. The molecule has 2 rings (SSSR count). The molecule has 1 saturated heterocycles. The number of benzene rings is 1. The van der Waals surface area contributed by atoms with Gasteiger partial charge in [0.05, 0.1) is 20.5 Å². The molecule has 1 heterocycles. The van der Waals surface area contributed by atoms with Crippen molar-refractivity contribution in [2.45, 2.75) is 32.2 Å². The number of carbonyl (C=O) groups is 1. The van der Waals surface area contributed by atoms with E-state index in [0.29, 0.717) is 6.54 Å². The van der Waals surface area contributed by atoms with Crippen LogP contribution in [-0.4, -0.2) is 27.8 Å². The van der Waals surface area contributed by atoms with E-state index in [1.165, 1.54) is 6.07 Å². The van der Waals surface area contributed by atoms with Gasteiger partial charge in [0.1, 0.15) is 0 Å². The van der Waals surface area contributed by atoms with E-state index in [1.807, 2.05) is 13.8 Å². The minimum Gasteiger partial charge on any atom is -0.333 e. The van der Waals surface area contributed by atoms with Crippen molar-refractivity contribution in [3.05, 3.63) is 37.9 Å². The van der Waals surface area contributed by atoms with Crippen molar-refractivity contribution in [3.63, 3.8) is 0 Å². The minimum absolute atomic E-state index is 0.0150. The van der Waals surface area contributed by atoms with Gasteiger partial charge in [0.2, 0.25) is 0 Å². The molecule has 0 radical (unpaired) electrons. The van der Waals surface area contributed by atoms with Gasteiger partial charge in [-0.1, -0.05) is 23.2 Å². The second-order valence-electron chi connectivity index (χ2n) is 5.42. The smallest absolute Gasteiger partial charge is 0.271 e. The van der Waals surface area contributed by atoms with Crippen LogP contribution in [0.5, 0.6) is 0 Å². The molecule has 20 heavy (non-hydrogen) atoms.